The van der Waals surface area contributed by atoms with Gasteiger partial charge in [0.1, 0.15) is 5.75 Å². The summed E-state index contributed by atoms with van der Waals surface area (Å²) in [5.41, 5.74) is 3.83. The van der Waals surface area contributed by atoms with Gasteiger partial charge in [-0.15, -0.1) is 0 Å². The first-order chi connectivity index (χ1) is 17.3. The van der Waals surface area contributed by atoms with Crippen LogP contribution in [0.5, 0.6) is 5.75 Å². The number of hydrogen-bond acceptors (Lipinski definition) is 5. The van der Waals surface area contributed by atoms with Crippen LogP contribution in [0.2, 0.25) is 0 Å². The molecule has 1 aliphatic rings. The number of aryl methyl sites for hydroxylation is 2. The molecule has 7 heteroatoms. The Balaban J connectivity index is 1.95. The molecule has 3 aromatic rings. The van der Waals surface area contributed by atoms with Crippen LogP contribution in [0.25, 0.3) is 0 Å². The average Bonchev–Trinajstić information content (AvgIpc) is 2.89. The Labute approximate surface area is 213 Å². The standard InChI is InChI=1S/C29H31NO5S/c1-5-35-29(31)26-18-19-27(22-12-14-24(34-4)15-13-22)30(28(26)23-10-6-20(2)7-11-23)36(32,33)25-16-8-21(3)9-17-25/h6-18,27-28H,5,19H2,1-4H3/t27-,28-/m0/s1. The Morgan fingerprint density at radius 3 is 2.00 bits per heavy atom. The molecule has 1 heterocycles. The number of ether oxygens (including phenoxy) is 2. The summed E-state index contributed by atoms with van der Waals surface area (Å²) in [6.07, 6.45) is 2.15. The lowest BCUT2D eigenvalue weighted by Gasteiger charge is -2.41. The molecule has 0 unspecified atom stereocenters. The third-order valence-corrected chi connectivity index (χ3v) is 8.31. The highest BCUT2D eigenvalue weighted by Crippen LogP contribution is 2.46. The Bertz CT molecular complexity index is 1340. The number of carbonyl (C=O) groups excluding carboxylic acids is 1. The summed E-state index contributed by atoms with van der Waals surface area (Å²) in [6.45, 7) is 5.81. The number of sulfonamides is 1. The van der Waals surface area contributed by atoms with Gasteiger partial charge >= 0.3 is 5.97 Å². The maximum Gasteiger partial charge on any atom is 0.335 e. The zero-order valence-corrected chi connectivity index (χ0v) is 21.8. The molecule has 0 bridgehead atoms. The highest BCUT2D eigenvalue weighted by molar-refractivity contribution is 7.89. The Kier molecular flexibility index (Phi) is 7.62. The van der Waals surface area contributed by atoms with Gasteiger partial charge in [-0.1, -0.05) is 65.7 Å². The molecule has 1 aliphatic heterocycles. The highest BCUT2D eigenvalue weighted by Gasteiger charge is 2.44. The topological polar surface area (TPSA) is 72.9 Å². The summed E-state index contributed by atoms with van der Waals surface area (Å²) in [5, 5.41) is 0. The van der Waals surface area contributed by atoms with Gasteiger partial charge in [0.05, 0.1) is 36.3 Å². The summed E-state index contributed by atoms with van der Waals surface area (Å²) in [5.74, 6) is 0.167. The molecular formula is C29H31NO5S. The van der Waals surface area contributed by atoms with E-state index in [1.807, 2.05) is 68.5 Å². The van der Waals surface area contributed by atoms with Gasteiger partial charge < -0.3 is 9.47 Å². The Morgan fingerprint density at radius 2 is 1.44 bits per heavy atom. The normalized spacial score (nSPS) is 18.4. The number of rotatable bonds is 7. The zero-order chi connectivity index (χ0) is 25.9. The predicted molar refractivity (Wildman–Crippen MR) is 139 cm³/mol. The fourth-order valence-electron chi connectivity index (χ4n) is 4.50. The number of nitrogens with zero attached hydrogens (tertiary/aromatic N) is 1. The Hall–Kier alpha value is -3.42. The van der Waals surface area contributed by atoms with Gasteiger partial charge in [-0.2, -0.15) is 4.31 Å². The van der Waals surface area contributed by atoms with Gasteiger partial charge in [-0.25, -0.2) is 13.2 Å². The number of methoxy groups -OCH3 is 1. The second-order valence-electron chi connectivity index (χ2n) is 8.87. The van der Waals surface area contributed by atoms with Crippen molar-refractivity contribution in [1.82, 2.24) is 4.31 Å². The zero-order valence-electron chi connectivity index (χ0n) is 21.0. The molecule has 36 heavy (non-hydrogen) atoms. The van der Waals surface area contributed by atoms with E-state index in [4.69, 9.17) is 9.47 Å². The van der Waals surface area contributed by atoms with E-state index in [1.54, 1.807) is 38.3 Å². The van der Waals surface area contributed by atoms with Crippen LogP contribution in [0.1, 0.15) is 47.7 Å². The maximum atomic E-state index is 14.3. The fourth-order valence-corrected chi connectivity index (χ4v) is 6.28. The van der Waals surface area contributed by atoms with Crippen molar-refractivity contribution in [2.45, 2.75) is 44.2 Å². The van der Waals surface area contributed by atoms with Crippen molar-refractivity contribution < 1.29 is 22.7 Å². The van der Waals surface area contributed by atoms with E-state index >= 15 is 0 Å². The van der Waals surface area contributed by atoms with Crippen molar-refractivity contribution in [3.05, 3.63) is 107 Å². The third kappa shape index (κ3) is 5.08. The van der Waals surface area contributed by atoms with Crippen molar-refractivity contribution in [2.24, 2.45) is 0 Å². The lowest BCUT2D eigenvalue weighted by molar-refractivity contribution is -0.139. The van der Waals surface area contributed by atoms with Crippen molar-refractivity contribution in [3.8, 4) is 5.75 Å². The minimum absolute atomic E-state index is 0.175. The smallest absolute Gasteiger partial charge is 0.335 e. The minimum Gasteiger partial charge on any atom is -0.497 e. The molecule has 0 saturated carbocycles. The van der Waals surface area contributed by atoms with E-state index in [1.165, 1.54) is 4.31 Å². The number of carbonyl (C=O) groups is 1. The summed E-state index contributed by atoms with van der Waals surface area (Å²) < 4.78 is 40.7. The first-order valence-corrected chi connectivity index (χ1v) is 13.4. The molecule has 2 atom stereocenters. The van der Waals surface area contributed by atoms with Crippen LogP contribution in [0, 0.1) is 13.8 Å². The van der Waals surface area contributed by atoms with E-state index in [0.29, 0.717) is 23.3 Å². The molecule has 188 valence electrons. The molecule has 0 aromatic heterocycles. The monoisotopic (exact) mass is 505 g/mol. The lowest BCUT2D eigenvalue weighted by Crippen LogP contribution is -2.42. The van der Waals surface area contributed by atoms with Crippen molar-refractivity contribution in [2.75, 3.05) is 13.7 Å². The van der Waals surface area contributed by atoms with Gasteiger partial charge in [0.2, 0.25) is 10.0 Å². The first kappa shape index (κ1) is 25.7. The quantitative estimate of drug-likeness (QED) is 0.387. The van der Waals surface area contributed by atoms with Crippen LogP contribution in [-0.4, -0.2) is 32.4 Å². The van der Waals surface area contributed by atoms with Crippen molar-refractivity contribution in [3.63, 3.8) is 0 Å². The van der Waals surface area contributed by atoms with Gasteiger partial charge in [0.15, 0.2) is 0 Å². The summed E-state index contributed by atoms with van der Waals surface area (Å²) in [7, 11) is -2.44. The predicted octanol–water partition coefficient (Wildman–Crippen LogP) is 5.68. The molecule has 0 radical (unpaired) electrons. The second-order valence-corrected chi connectivity index (χ2v) is 10.7. The number of esters is 1. The van der Waals surface area contributed by atoms with Crippen LogP contribution < -0.4 is 4.74 Å². The number of hydrogen-bond donors (Lipinski definition) is 0. The van der Waals surface area contributed by atoms with E-state index in [0.717, 1.165) is 16.7 Å². The summed E-state index contributed by atoms with van der Waals surface area (Å²) in [6, 6.07) is 20.4. The molecule has 4 rings (SSSR count). The van der Waals surface area contributed by atoms with Crippen molar-refractivity contribution >= 4 is 16.0 Å². The highest BCUT2D eigenvalue weighted by atomic mass is 32.2. The molecule has 0 spiro atoms. The van der Waals surface area contributed by atoms with Gasteiger partial charge in [-0.05, 0) is 62.6 Å². The van der Waals surface area contributed by atoms with Gasteiger partial charge in [0.25, 0.3) is 0 Å². The van der Waals surface area contributed by atoms with Crippen LogP contribution in [-0.2, 0) is 19.6 Å². The van der Waals surface area contributed by atoms with Crippen LogP contribution in [0.15, 0.2) is 89.3 Å². The van der Waals surface area contributed by atoms with Gasteiger partial charge in [-0.3, -0.25) is 0 Å². The molecule has 6 nitrogen and oxygen atoms in total. The van der Waals surface area contributed by atoms with E-state index in [9.17, 15) is 13.2 Å². The van der Waals surface area contributed by atoms with Gasteiger partial charge in [0, 0.05) is 0 Å². The van der Waals surface area contributed by atoms with Crippen LogP contribution in [0.4, 0.5) is 0 Å². The van der Waals surface area contributed by atoms with Crippen LogP contribution >= 0.6 is 0 Å². The fraction of sp³-hybridized carbons (Fsp3) is 0.276. The van der Waals surface area contributed by atoms with E-state index in [2.05, 4.69) is 0 Å². The van der Waals surface area contributed by atoms with Crippen LogP contribution in [0.3, 0.4) is 0 Å². The molecule has 3 aromatic carbocycles. The number of benzene rings is 3. The summed E-state index contributed by atoms with van der Waals surface area (Å²) in [4.78, 5) is 13.3. The maximum absolute atomic E-state index is 14.3. The molecule has 0 amide bonds. The summed E-state index contributed by atoms with van der Waals surface area (Å²) >= 11 is 0. The SMILES string of the molecule is CCOC(=O)C1=CC[C@@H](c2ccc(OC)cc2)N(S(=O)(=O)c2ccc(C)cc2)[C@H]1c1ccc(C)cc1. The second kappa shape index (κ2) is 10.7. The molecule has 0 fully saturated rings. The average molecular weight is 506 g/mol. The van der Waals surface area contributed by atoms with E-state index < -0.39 is 28.1 Å². The largest absolute Gasteiger partial charge is 0.497 e. The minimum atomic E-state index is -4.03. The molecule has 0 saturated heterocycles. The first-order valence-electron chi connectivity index (χ1n) is 11.9. The molecule has 0 N–H and O–H groups in total. The third-order valence-electron chi connectivity index (χ3n) is 6.42. The lowest BCUT2D eigenvalue weighted by atomic mass is 9.89. The van der Waals surface area contributed by atoms with E-state index in [-0.39, 0.29) is 11.5 Å². The molecule has 0 aliphatic carbocycles. The van der Waals surface area contributed by atoms with Crippen molar-refractivity contribution in [1.29, 1.82) is 0 Å². The molecular weight excluding hydrogens is 474 g/mol. The Morgan fingerprint density at radius 1 is 0.889 bits per heavy atom.